The number of aryl methyl sites for hydroxylation is 1. The first-order valence-corrected chi connectivity index (χ1v) is 15.9. The number of hydrogen-bond acceptors (Lipinski definition) is 13. The molecule has 0 unspecified atom stereocenters. The molecule has 16 nitrogen and oxygen atoms in total. The first-order chi connectivity index (χ1) is 23.0. The number of carbonyl (C=O) groups is 2. The lowest BCUT2D eigenvalue weighted by molar-refractivity contribution is -0.120. The molecule has 4 N–H and O–H groups in total. The molecule has 0 fully saturated rings. The summed E-state index contributed by atoms with van der Waals surface area (Å²) in [6.45, 7) is 3.53. The number of fused-ring (bicyclic) bond motifs is 2. The number of unbranched alkanes of at least 4 members (excludes halogenated alkanes) is 2. The monoisotopic (exact) mass is 650 g/mol. The number of hydrogen-bond donors (Lipinski definition) is 2. The maximum Gasteiger partial charge on any atom is 0.292 e. The normalized spacial score (nSPS) is 11.3. The van der Waals surface area contributed by atoms with Gasteiger partial charge in [0, 0.05) is 55.9 Å². The molecule has 3 aromatic heterocycles. The predicted octanol–water partition coefficient (Wildman–Crippen LogP) is 4.81. The van der Waals surface area contributed by atoms with E-state index < -0.39 is 0 Å². The zero-order valence-corrected chi connectivity index (χ0v) is 26.5. The van der Waals surface area contributed by atoms with Crippen molar-refractivity contribution in [2.45, 2.75) is 64.3 Å². The molecule has 0 amide bonds. The Morgan fingerprint density at radius 1 is 0.872 bits per heavy atom. The smallest absolute Gasteiger partial charge is 0.292 e. The van der Waals surface area contributed by atoms with Crippen molar-refractivity contribution in [2.24, 2.45) is 5.11 Å². The van der Waals surface area contributed by atoms with Gasteiger partial charge in [0.05, 0.1) is 38.4 Å². The summed E-state index contributed by atoms with van der Waals surface area (Å²) < 4.78 is 23.3. The molecule has 3 heterocycles. The molecule has 16 heteroatoms. The summed E-state index contributed by atoms with van der Waals surface area (Å²) in [6, 6.07) is 5.61. The molecule has 0 aliphatic carbocycles. The van der Waals surface area contributed by atoms with Crippen LogP contribution in [0.1, 0.15) is 57.8 Å². The van der Waals surface area contributed by atoms with Crippen molar-refractivity contribution in [1.82, 2.24) is 24.7 Å². The maximum absolute atomic E-state index is 12.4. The first-order valence-electron chi connectivity index (χ1n) is 15.9. The van der Waals surface area contributed by atoms with E-state index in [-0.39, 0.29) is 17.6 Å². The molecule has 0 spiro atoms. The topological polar surface area (TPSA) is 232 Å². The van der Waals surface area contributed by atoms with E-state index in [1.165, 1.54) is 6.33 Å². The van der Waals surface area contributed by atoms with Crippen LogP contribution in [0.3, 0.4) is 0 Å². The number of Topliss-reactive ketones (excluding diaryl/α,β-unsaturated/α-hetero) is 2. The largest absolute Gasteiger partial charge is 0.424 e. The number of anilines is 2. The second-order valence-corrected chi connectivity index (χ2v) is 10.9. The number of benzene rings is 1. The van der Waals surface area contributed by atoms with E-state index in [0.29, 0.717) is 125 Å². The van der Waals surface area contributed by atoms with Crippen LogP contribution in [-0.2, 0) is 30.3 Å². The lowest BCUT2D eigenvalue weighted by Crippen LogP contribution is -2.11. The standard InChI is InChI=1S/C31H42N10O6/c32-29-27-28(22-10-11-26-25(20-22)38-31(33)47-26)39-41(30(27)36-21-35-29)13-3-1-2-6-23(42)7-4-8-24(43)9-5-14-44-16-18-46-19-17-45-15-12-37-40-34/h10-11,20-21H,1-9,12-19H2,(H2,33,38)(H2,32,35,36). The number of ketones is 2. The number of nitrogen functional groups attached to an aromatic ring is 2. The van der Waals surface area contributed by atoms with Crippen LogP contribution in [0.4, 0.5) is 11.8 Å². The minimum atomic E-state index is 0.0969. The highest BCUT2D eigenvalue weighted by molar-refractivity contribution is 5.99. The van der Waals surface area contributed by atoms with Gasteiger partial charge in [-0.2, -0.15) is 10.1 Å². The van der Waals surface area contributed by atoms with Gasteiger partial charge in [0.1, 0.15) is 34.9 Å². The van der Waals surface area contributed by atoms with Crippen LogP contribution in [-0.4, -0.2) is 82.5 Å². The average molecular weight is 651 g/mol. The van der Waals surface area contributed by atoms with Gasteiger partial charge in [-0.25, -0.2) is 14.6 Å². The number of carbonyl (C=O) groups excluding carboxylic acids is 2. The Morgan fingerprint density at radius 2 is 1.57 bits per heavy atom. The summed E-state index contributed by atoms with van der Waals surface area (Å²) in [5.41, 5.74) is 23.4. The van der Waals surface area contributed by atoms with Gasteiger partial charge >= 0.3 is 0 Å². The third-order valence-electron chi connectivity index (χ3n) is 7.36. The SMILES string of the molecule is [N-]=[N+]=NCCOCCOCCOCCCC(=O)CCCC(=O)CCCCCn1nc(-c2ccc3oc(N)nc3c2)c2c(N)ncnc21. The molecule has 0 radical (unpaired) electrons. The summed E-state index contributed by atoms with van der Waals surface area (Å²) in [5.74, 6) is 0.670. The fourth-order valence-electron chi connectivity index (χ4n) is 5.04. The second kappa shape index (κ2) is 19.1. The Hall–Kier alpha value is -4.63. The van der Waals surface area contributed by atoms with Crippen molar-refractivity contribution in [3.63, 3.8) is 0 Å². The minimum absolute atomic E-state index is 0.0969. The van der Waals surface area contributed by atoms with Crippen molar-refractivity contribution < 1.29 is 28.2 Å². The van der Waals surface area contributed by atoms with Crippen LogP contribution >= 0.6 is 0 Å². The molecular weight excluding hydrogens is 608 g/mol. The van der Waals surface area contributed by atoms with Crippen molar-refractivity contribution >= 4 is 45.5 Å². The highest BCUT2D eigenvalue weighted by atomic mass is 16.5. The van der Waals surface area contributed by atoms with Crippen LogP contribution < -0.4 is 11.5 Å². The van der Waals surface area contributed by atoms with Crippen molar-refractivity contribution in [2.75, 3.05) is 57.7 Å². The van der Waals surface area contributed by atoms with E-state index in [1.807, 2.05) is 16.8 Å². The van der Waals surface area contributed by atoms with Gasteiger partial charge in [-0.1, -0.05) is 11.5 Å². The third-order valence-corrected chi connectivity index (χ3v) is 7.36. The summed E-state index contributed by atoms with van der Waals surface area (Å²) in [5, 5.41) is 8.84. The molecule has 0 bridgehead atoms. The molecule has 0 atom stereocenters. The number of aromatic nitrogens is 5. The van der Waals surface area contributed by atoms with E-state index in [4.69, 9.17) is 40.7 Å². The molecule has 0 saturated carbocycles. The van der Waals surface area contributed by atoms with Gasteiger partial charge in [-0.15, -0.1) is 0 Å². The van der Waals surface area contributed by atoms with Crippen LogP contribution in [0.5, 0.6) is 0 Å². The zero-order valence-electron chi connectivity index (χ0n) is 26.5. The van der Waals surface area contributed by atoms with Gasteiger partial charge in [-0.05, 0) is 49.4 Å². The van der Waals surface area contributed by atoms with Gasteiger partial charge in [0.25, 0.3) is 6.01 Å². The van der Waals surface area contributed by atoms with Crippen LogP contribution in [0, 0.1) is 0 Å². The van der Waals surface area contributed by atoms with E-state index in [9.17, 15) is 9.59 Å². The average Bonchev–Trinajstić information content (AvgIpc) is 3.63. The van der Waals surface area contributed by atoms with Crippen molar-refractivity contribution in [3.05, 3.63) is 35.0 Å². The maximum atomic E-state index is 12.4. The number of oxazole rings is 1. The molecule has 4 aromatic rings. The Balaban J connectivity index is 1.06. The Morgan fingerprint density at radius 3 is 2.34 bits per heavy atom. The molecule has 252 valence electrons. The first kappa shape index (κ1) is 35.2. The summed E-state index contributed by atoms with van der Waals surface area (Å²) in [6.07, 6.45) is 6.84. The van der Waals surface area contributed by atoms with Crippen LogP contribution in [0.25, 0.3) is 43.8 Å². The van der Waals surface area contributed by atoms with Gasteiger partial charge in [0.2, 0.25) is 0 Å². The molecule has 4 rings (SSSR count). The number of rotatable bonds is 24. The zero-order chi connectivity index (χ0) is 33.3. The lowest BCUT2D eigenvalue weighted by Gasteiger charge is -2.06. The Bertz CT molecular complexity index is 1650. The Kier molecular flexibility index (Phi) is 14.3. The van der Waals surface area contributed by atoms with Gasteiger partial charge in [-0.3, -0.25) is 9.59 Å². The molecule has 0 saturated heterocycles. The highest BCUT2D eigenvalue weighted by Gasteiger charge is 2.18. The number of ether oxygens (including phenoxy) is 3. The van der Waals surface area contributed by atoms with Crippen molar-refractivity contribution in [3.8, 4) is 11.3 Å². The Labute approximate surface area is 271 Å². The summed E-state index contributed by atoms with van der Waals surface area (Å²) in [7, 11) is 0. The fraction of sp³-hybridized carbons (Fsp3) is 0.548. The lowest BCUT2D eigenvalue weighted by atomic mass is 10.0. The number of nitrogens with zero attached hydrogens (tertiary/aromatic N) is 8. The fourth-order valence-corrected chi connectivity index (χ4v) is 5.04. The summed E-state index contributed by atoms with van der Waals surface area (Å²) in [4.78, 5) is 40.0. The van der Waals surface area contributed by atoms with Gasteiger partial charge < -0.3 is 30.1 Å². The summed E-state index contributed by atoms with van der Waals surface area (Å²) >= 11 is 0. The minimum Gasteiger partial charge on any atom is -0.424 e. The highest BCUT2D eigenvalue weighted by Crippen LogP contribution is 2.32. The van der Waals surface area contributed by atoms with E-state index >= 15 is 0 Å². The molecule has 0 aliphatic rings. The molecule has 0 aliphatic heterocycles. The predicted molar refractivity (Wildman–Crippen MR) is 175 cm³/mol. The molecule has 47 heavy (non-hydrogen) atoms. The van der Waals surface area contributed by atoms with Crippen molar-refractivity contribution in [1.29, 1.82) is 0 Å². The number of azide groups is 1. The van der Waals surface area contributed by atoms with E-state index in [2.05, 4.69) is 25.0 Å². The van der Waals surface area contributed by atoms with Crippen LogP contribution in [0.2, 0.25) is 0 Å². The quantitative estimate of drug-likeness (QED) is 0.0450. The second-order valence-electron chi connectivity index (χ2n) is 10.9. The number of nitrogens with two attached hydrogens (primary N) is 2. The molecule has 1 aromatic carbocycles. The third kappa shape index (κ3) is 11.3. The van der Waals surface area contributed by atoms with E-state index in [0.717, 1.165) is 24.8 Å². The van der Waals surface area contributed by atoms with E-state index in [1.54, 1.807) is 6.07 Å². The molecular formula is C31H42N10O6. The van der Waals surface area contributed by atoms with Crippen LogP contribution in [0.15, 0.2) is 34.1 Å². The van der Waals surface area contributed by atoms with Gasteiger partial charge in [0.15, 0.2) is 11.2 Å².